The number of aromatic nitrogens is 2. The number of ketones is 1. The lowest BCUT2D eigenvalue weighted by molar-refractivity contribution is -0.151. The lowest BCUT2D eigenvalue weighted by atomic mass is 9.82. The summed E-state index contributed by atoms with van der Waals surface area (Å²) >= 11 is 14.0. The van der Waals surface area contributed by atoms with Gasteiger partial charge in [-0.2, -0.15) is 4.98 Å². The number of methoxy groups -OCH3 is 2. The predicted octanol–water partition coefficient (Wildman–Crippen LogP) is 8.35. The molecule has 4 atom stereocenters. The van der Waals surface area contributed by atoms with Crippen LogP contribution in [0.3, 0.4) is 0 Å². The lowest BCUT2D eigenvalue weighted by Gasteiger charge is -2.37. The topological polar surface area (TPSA) is 123 Å². The molecular formula is C43H46Cl2N4O6. The summed E-state index contributed by atoms with van der Waals surface area (Å²) in [5, 5.41) is 14.5. The maximum absolute atomic E-state index is 12.2. The van der Waals surface area contributed by atoms with Crippen LogP contribution in [0, 0.1) is 17.3 Å². The Morgan fingerprint density at radius 1 is 0.945 bits per heavy atom. The Kier molecular flexibility index (Phi) is 10.8. The van der Waals surface area contributed by atoms with Crippen LogP contribution < -0.4 is 19.5 Å². The quantitative estimate of drug-likeness (QED) is 0.137. The molecule has 2 N–H and O–H groups in total. The molecule has 2 bridgehead atoms. The minimum Gasteiger partial charge on any atom is -0.481 e. The summed E-state index contributed by atoms with van der Waals surface area (Å²) in [5.74, 6) is 1.68. The number of carbonyl (C=O) groups is 2. The third-order valence-corrected chi connectivity index (χ3v) is 12.7. The number of hydrogen-bond donors (Lipinski definition) is 2. The molecule has 10 nitrogen and oxygen atoms in total. The predicted molar refractivity (Wildman–Crippen MR) is 211 cm³/mol. The summed E-state index contributed by atoms with van der Waals surface area (Å²) in [5.41, 5.74) is 6.77. The van der Waals surface area contributed by atoms with Gasteiger partial charge >= 0.3 is 5.97 Å². The Morgan fingerprint density at radius 3 is 2.51 bits per heavy atom. The highest BCUT2D eigenvalue weighted by molar-refractivity contribution is 6.36. The van der Waals surface area contributed by atoms with Crippen LogP contribution in [0.5, 0.6) is 17.6 Å². The van der Waals surface area contributed by atoms with Crippen molar-refractivity contribution in [1.29, 1.82) is 0 Å². The second-order valence-corrected chi connectivity index (χ2v) is 16.4. The van der Waals surface area contributed by atoms with Gasteiger partial charge in [0, 0.05) is 61.3 Å². The molecule has 3 heterocycles. The van der Waals surface area contributed by atoms with E-state index in [4.69, 9.17) is 47.4 Å². The van der Waals surface area contributed by atoms with E-state index in [0.29, 0.717) is 77.8 Å². The van der Waals surface area contributed by atoms with Gasteiger partial charge in [0.05, 0.1) is 30.4 Å². The van der Waals surface area contributed by atoms with Crippen LogP contribution in [0.4, 0.5) is 0 Å². The van der Waals surface area contributed by atoms with Crippen molar-refractivity contribution < 1.29 is 28.9 Å². The van der Waals surface area contributed by atoms with Crippen molar-refractivity contribution in [3.8, 4) is 40.0 Å². The summed E-state index contributed by atoms with van der Waals surface area (Å²) in [6.45, 7) is 3.25. The zero-order valence-corrected chi connectivity index (χ0v) is 32.7. The van der Waals surface area contributed by atoms with Crippen molar-refractivity contribution in [2.24, 2.45) is 17.3 Å². The highest BCUT2D eigenvalue weighted by Gasteiger charge is 2.50. The molecule has 3 fully saturated rings. The van der Waals surface area contributed by atoms with Crippen LogP contribution in [0.15, 0.2) is 54.6 Å². The molecule has 2 unspecified atom stereocenters. The van der Waals surface area contributed by atoms with Crippen LogP contribution in [-0.2, 0) is 29.1 Å². The molecule has 4 aromatic rings. The van der Waals surface area contributed by atoms with E-state index in [0.717, 1.165) is 96.3 Å². The molecule has 55 heavy (non-hydrogen) atoms. The maximum Gasteiger partial charge on any atom is 0.310 e. The third kappa shape index (κ3) is 7.54. The number of ether oxygens (including phenoxy) is 3. The second-order valence-electron chi connectivity index (χ2n) is 15.6. The van der Waals surface area contributed by atoms with Crippen LogP contribution in [0.25, 0.3) is 22.4 Å². The number of pyridine rings is 2. The van der Waals surface area contributed by atoms with Gasteiger partial charge in [-0.05, 0) is 85.7 Å². The zero-order valence-electron chi connectivity index (χ0n) is 31.2. The van der Waals surface area contributed by atoms with Gasteiger partial charge in [0.15, 0.2) is 0 Å². The highest BCUT2D eigenvalue weighted by atomic mass is 35.5. The molecule has 4 aliphatic rings. The molecule has 2 aromatic heterocycles. The first kappa shape index (κ1) is 37.7. The standard InChI is InChI=1S/C43H46Cl2N4O6/c1-53-39-27(21-46-20-25-9-11-29(50)17-25)10-13-36(47-39)34-8-4-7-33(38(34)45)30-5-3-6-32-31(30)12-14-37(32)55-41-35(44)18-28(40(48-41)54-2)23-49-22-26-15-16-43(19-26,24-49)42(51)52/h3-8,10,13,18,25-26,37,46H,9,11-12,14-17,19-24H2,1-2H3,(H,51,52)/t25-,26?,37+,43?/m1/s1. The summed E-state index contributed by atoms with van der Waals surface area (Å²) in [6, 6.07) is 18.0. The number of halogens is 2. The van der Waals surface area contributed by atoms with Crippen LogP contribution in [0.2, 0.25) is 10.0 Å². The Hall–Kier alpha value is -4.22. The molecule has 8 rings (SSSR count). The van der Waals surface area contributed by atoms with Crippen molar-refractivity contribution >= 4 is 35.0 Å². The van der Waals surface area contributed by atoms with Gasteiger partial charge in [-0.25, -0.2) is 4.98 Å². The van der Waals surface area contributed by atoms with Gasteiger partial charge in [-0.1, -0.05) is 65.7 Å². The molecule has 3 aliphatic carbocycles. The van der Waals surface area contributed by atoms with E-state index >= 15 is 0 Å². The largest absolute Gasteiger partial charge is 0.481 e. The maximum atomic E-state index is 12.2. The molecule has 288 valence electrons. The first-order valence-electron chi connectivity index (χ1n) is 19.2. The van der Waals surface area contributed by atoms with E-state index in [9.17, 15) is 14.7 Å². The fraction of sp³-hybridized carbons (Fsp3) is 0.442. The molecule has 1 saturated heterocycles. The summed E-state index contributed by atoms with van der Waals surface area (Å²) in [6.07, 6.45) is 5.95. The van der Waals surface area contributed by atoms with Gasteiger partial charge in [-0.15, -0.1) is 0 Å². The Bertz CT molecular complexity index is 2130. The Balaban J connectivity index is 0.990. The number of hydrogen-bond acceptors (Lipinski definition) is 9. The first-order valence-corrected chi connectivity index (χ1v) is 19.9. The van der Waals surface area contributed by atoms with Crippen molar-refractivity contribution in [2.75, 3.05) is 33.9 Å². The highest BCUT2D eigenvalue weighted by Crippen LogP contribution is 2.48. The molecule has 12 heteroatoms. The van der Waals surface area contributed by atoms with E-state index in [2.05, 4.69) is 22.3 Å². The number of carbonyl (C=O) groups excluding carboxylic acids is 1. The van der Waals surface area contributed by atoms with E-state index in [1.165, 1.54) is 0 Å². The minimum absolute atomic E-state index is 0.271. The van der Waals surface area contributed by atoms with Gasteiger partial charge in [0.1, 0.15) is 16.9 Å². The number of nitrogens with one attached hydrogen (secondary N) is 1. The number of Topliss-reactive ketones (excluding diaryl/α,β-unsaturated/α-hetero) is 1. The van der Waals surface area contributed by atoms with Gasteiger partial charge < -0.3 is 24.6 Å². The smallest absolute Gasteiger partial charge is 0.310 e. The van der Waals surface area contributed by atoms with Crippen molar-refractivity contribution in [1.82, 2.24) is 20.2 Å². The molecule has 2 aromatic carbocycles. The number of benzene rings is 2. The van der Waals surface area contributed by atoms with Crippen LogP contribution >= 0.6 is 23.2 Å². The van der Waals surface area contributed by atoms with Crippen LogP contribution in [0.1, 0.15) is 73.3 Å². The number of likely N-dealkylation sites (tertiary alicyclic amines) is 1. The van der Waals surface area contributed by atoms with Gasteiger partial charge in [0.2, 0.25) is 17.6 Å². The average molecular weight is 786 g/mol. The SMILES string of the molecule is COc1nc(-c2cccc(-c3cccc4c3CC[C@@H]4Oc3nc(OC)c(CN4CC5CCC(C(=O)O)(C5)C4)cc3Cl)c2Cl)ccc1CNC[C@@H]1CCC(=O)C1. The molecular weight excluding hydrogens is 739 g/mol. The first-order chi connectivity index (χ1) is 26.6. The number of fused-ring (bicyclic) bond motifs is 3. The monoisotopic (exact) mass is 784 g/mol. The molecule has 0 amide bonds. The molecule has 2 saturated carbocycles. The van der Waals surface area contributed by atoms with Crippen molar-refractivity contribution in [3.63, 3.8) is 0 Å². The van der Waals surface area contributed by atoms with Crippen LogP contribution in [-0.4, -0.2) is 65.6 Å². The number of carboxylic acids is 1. The van der Waals surface area contributed by atoms with Gasteiger partial charge in [-0.3, -0.25) is 14.5 Å². The van der Waals surface area contributed by atoms with E-state index in [1.54, 1.807) is 14.2 Å². The van der Waals surface area contributed by atoms with Crippen molar-refractivity contribution in [3.05, 3.63) is 86.9 Å². The Morgan fingerprint density at radius 2 is 1.73 bits per heavy atom. The number of piperidine rings is 1. The summed E-state index contributed by atoms with van der Waals surface area (Å²) < 4.78 is 18.0. The van der Waals surface area contributed by atoms with Crippen molar-refractivity contribution in [2.45, 2.75) is 70.6 Å². The number of carboxylic acid groups (broad SMARTS) is 1. The van der Waals surface area contributed by atoms with E-state index in [1.807, 2.05) is 42.5 Å². The zero-order chi connectivity index (χ0) is 38.3. The Labute approximate surface area is 331 Å². The average Bonchev–Trinajstić information content (AvgIpc) is 3.89. The molecule has 0 radical (unpaired) electrons. The summed E-state index contributed by atoms with van der Waals surface area (Å²) in [7, 11) is 3.20. The third-order valence-electron chi connectivity index (χ3n) is 12.0. The number of rotatable bonds is 13. The fourth-order valence-corrected chi connectivity index (χ4v) is 9.90. The lowest BCUT2D eigenvalue weighted by Crippen LogP contribution is -2.46. The second kappa shape index (κ2) is 15.7. The fourth-order valence-electron chi connectivity index (χ4n) is 9.35. The van der Waals surface area contributed by atoms with E-state index < -0.39 is 11.4 Å². The number of aliphatic carboxylic acids is 1. The van der Waals surface area contributed by atoms with E-state index in [-0.39, 0.29) is 6.10 Å². The van der Waals surface area contributed by atoms with Gasteiger partial charge in [0.25, 0.3) is 0 Å². The normalized spacial score (nSPS) is 23.2. The summed E-state index contributed by atoms with van der Waals surface area (Å²) in [4.78, 5) is 35.6. The molecule has 0 spiro atoms. The number of nitrogens with zero attached hydrogens (tertiary/aromatic N) is 3. The molecule has 1 aliphatic heterocycles. The minimum atomic E-state index is -0.704.